The normalized spacial score (nSPS) is 21.8. The summed E-state index contributed by atoms with van der Waals surface area (Å²) in [6, 6.07) is 8.89. The van der Waals surface area contributed by atoms with Gasteiger partial charge in [-0.25, -0.2) is 14.1 Å². The Bertz CT molecular complexity index is 1130. The molecular formula is C23H26ClFN6O2. The van der Waals surface area contributed by atoms with Gasteiger partial charge in [-0.3, -0.25) is 0 Å². The molecule has 1 aromatic carbocycles. The minimum atomic E-state index is -0.490. The number of nitrogens with zero attached hydrogens (tertiary/aromatic N) is 5. The van der Waals surface area contributed by atoms with Gasteiger partial charge in [0.1, 0.15) is 11.6 Å². The van der Waals surface area contributed by atoms with Crippen molar-refractivity contribution >= 4 is 23.2 Å². The second-order valence-corrected chi connectivity index (χ2v) is 8.85. The van der Waals surface area contributed by atoms with Gasteiger partial charge in [0, 0.05) is 49.7 Å². The SMILES string of the molecule is CCn1nc(N[C@H]2[C@@H]3CC[C@H]2CN(c2ccnc(OC)c2)C3)nc1Oc1ccc(F)c(Cl)c1. The number of ether oxygens (including phenoxy) is 2. The van der Waals surface area contributed by atoms with E-state index in [2.05, 4.69) is 25.3 Å². The van der Waals surface area contributed by atoms with Crippen molar-refractivity contribution in [2.45, 2.75) is 32.4 Å². The van der Waals surface area contributed by atoms with Crippen LogP contribution in [0.25, 0.3) is 0 Å². The van der Waals surface area contributed by atoms with Gasteiger partial charge in [-0.2, -0.15) is 4.98 Å². The Kier molecular flexibility index (Phi) is 5.97. The van der Waals surface area contributed by atoms with Crippen molar-refractivity contribution in [1.82, 2.24) is 19.7 Å². The van der Waals surface area contributed by atoms with E-state index < -0.39 is 5.82 Å². The van der Waals surface area contributed by atoms with Gasteiger partial charge in [0.25, 0.3) is 0 Å². The van der Waals surface area contributed by atoms with Crippen molar-refractivity contribution in [3.63, 3.8) is 0 Å². The van der Waals surface area contributed by atoms with Crippen LogP contribution < -0.4 is 19.7 Å². The number of rotatable bonds is 7. The van der Waals surface area contributed by atoms with E-state index in [1.807, 2.05) is 19.1 Å². The third-order valence-corrected chi connectivity index (χ3v) is 6.75. The predicted molar refractivity (Wildman–Crippen MR) is 124 cm³/mol. The van der Waals surface area contributed by atoms with Gasteiger partial charge in [-0.1, -0.05) is 11.6 Å². The van der Waals surface area contributed by atoms with Crippen LogP contribution in [0.4, 0.5) is 16.0 Å². The van der Waals surface area contributed by atoms with Gasteiger partial charge in [0.05, 0.1) is 12.1 Å². The third kappa shape index (κ3) is 4.42. The molecule has 2 aliphatic rings. The summed E-state index contributed by atoms with van der Waals surface area (Å²) in [5.74, 6) is 2.06. The minimum absolute atomic E-state index is 0.00330. The molecule has 1 saturated heterocycles. The summed E-state index contributed by atoms with van der Waals surface area (Å²) in [6.45, 7) is 4.46. The number of fused-ring (bicyclic) bond motifs is 2. The number of anilines is 2. The number of benzene rings is 1. The Morgan fingerprint density at radius 1 is 1.18 bits per heavy atom. The average molecular weight is 473 g/mol. The highest BCUT2D eigenvalue weighted by molar-refractivity contribution is 6.30. The molecule has 0 spiro atoms. The van der Waals surface area contributed by atoms with Crippen molar-refractivity contribution in [1.29, 1.82) is 0 Å². The van der Waals surface area contributed by atoms with E-state index in [0.29, 0.717) is 48.0 Å². The fourth-order valence-electron chi connectivity index (χ4n) is 4.84. The lowest BCUT2D eigenvalue weighted by atomic mass is 9.92. The van der Waals surface area contributed by atoms with Crippen LogP contribution in [0, 0.1) is 17.7 Å². The van der Waals surface area contributed by atoms with Crippen LogP contribution in [0.5, 0.6) is 17.6 Å². The molecule has 1 aliphatic carbocycles. The highest BCUT2D eigenvalue weighted by Gasteiger charge is 2.42. The zero-order valence-electron chi connectivity index (χ0n) is 18.5. The van der Waals surface area contributed by atoms with E-state index in [4.69, 9.17) is 21.1 Å². The van der Waals surface area contributed by atoms with E-state index in [0.717, 1.165) is 31.6 Å². The molecule has 0 amide bonds. The van der Waals surface area contributed by atoms with Crippen molar-refractivity contribution in [3.05, 3.63) is 47.4 Å². The molecular weight excluding hydrogens is 447 g/mol. The summed E-state index contributed by atoms with van der Waals surface area (Å²) < 4.78 is 26.3. The molecule has 33 heavy (non-hydrogen) atoms. The first kappa shape index (κ1) is 21.8. The quantitative estimate of drug-likeness (QED) is 0.537. The van der Waals surface area contributed by atoms with Gasteiger partial charge in [0.15, 0.2) is 0 Å². The van der Waals surface area contributed by atoms with Crippen LogP contribution in [-0.4, -0.2) is 46.0 Å². The largest absolute Gasteiger partial charge is 0.481 e. The molecule has 3 atom stereocenters. The summed E-state index contributed by atoms with van der Waals surface area (Å²) in [4.78, 5) is 11.2. The lowest BCUT2D eigenvalue weighted by Gasteiger charge is -2.39. The maximum Gasteiger partial charge on any atom is 0.322 e. The second kappa shape index (κ2) is 9.05. The monoisotopic (exact) mass is 472 g/mol. The van der Waals surface area contributed by atoms with Crippen LogP contribution >= 0.6 is 11.6 Å². The highest BCUT2D eigenvalue weighted by atomic mass is 35.5. The maximum absolute atomic E-state index is 13.5. The molecule has 0 radical (unpaired) electrons. The molecule has 5 rings (SSSR count). The number of aryl methyl sites for hydroxylation is 1. The average Bonchev–Trinajstić information content (AvgIpc) is 3.31. The Morgan fingerprint density at radius 3 is 2.67 bits per heavy atom. The van der Waals surface area contributed by atoms with E-state index in [9.17, 15) is 4.39 Å². The summed E-state index contributed by atoms with van der Waals surface area (Å²) in [7, 11) is 1.64. The smallest absolute Gasteiger partial charge is 0.322 e. The van der Waals surface area contributed by atoms with Gasteiger partial charge < -0.3 is 19.7 Å². The summed E-state index contributed by atoms with van der Waals surface area (Å²) in [5.41, 5.74) is 1.14. The van der Waals surface area contributed by atoms with E-state index in [1.165, 1.54) is 18.2 Å². The van der Waals surface area contributed by atoms with Crippen molar-refractivity contribution in [2.75, 3.05) is 30.4 Å². The fraction of sp³-hybridized carbons (Fsp3) is 0.435. The van der Waals surface area contributed by atoms with Crippen LogP contribution in [0.15, 0.2) is 36.5 Å². The Labute approximate surface area is 196 Å². The van der Waals surface area contributed by atoms with Gasteiger partial charge >= 0.3 is 6.01 Å². The van der Waals surface area contributed by atoms with Crippen LogP contribution in [0.1, 0.15) is 19.8 Å². The molecule has 174 valence electrons. The first-order chi connectivity index (χ1) is 16.0. The second-order valence-electron chi connectivity index (χ2n) is 8.44. The molecule has 2 fully saturated rings. The first-order valence-electron chi connectivity index (χ1n) is 11.1. The molecule has 2 aromatic heterocycles. The van der Waals surface area contributed by atoms with Crippen LogP contribution in [0.2, 0.25) is 5.02 Å². The molecule has 8 nitrogen and oxygen atoms in total. The third-order valence-electron chi connectivity index (χ3n) is 6.46. The van der Waals surface area contributed by atoms with E-state index >= 15 is 0 Å². The zero-order valence-corrected chi connectivity index (χ0v) is 19.3. The number of piperidine rings is 1. The Balaban J connectivity index is 1.29. The van der Waals surface area contributed by atoms with Gasteiger partial charge in [0.2, 0.25) is 11.8 Å². The van der Waals surface area contributed by atoms with Crippen molar-refractivity contribution in [2.24, 2.45) is 11.8 Å². The molecule has 3 aromatic rings. The molecule has 1 aliphatic heterocycles. The molecule has 10 heteroatoms. The predicted octanol–water partition coefficient (Wildman–Crippen LogP) is 4.61. The lowest BCUT2D eigenvalue weighted by molar-refractivity contribution is 0.374. The van der Waals surface area contributed by atoms with E-state index in [1.54, 1.807) is 18.0 Å². The van der Waals surface area contributed by atoms with E-state index in [-0.39, 0.29) is 5.02 Å². The van der Waals surface area contributed by atoms with Crippen LogP contribution in [-0.2, 0) is 6.54 Å². The number of aromatic nitrogens is 4. The summed E-state index contributed by atoms with van der Waals surface area (Å²) in [6.07, 6.45) is 4.11. The van der Waals surface area contributed by atoms with Gasteiger partial charge in [-0.05, 0) is 49.8 Å². The number of halogens is 2. The Morgan fingerprint density at radius 2 is 1.97 bits per heavy atom. The molecule has 3 heterocycles. The standard InChI is InChI=1S/C23H26ClFN6O2/c1-3-31-23(33-17-6-7-19(25)18(24)11-17)28-22(29-31)27-21-14-4-5-15(21)13-30(12-14)16-8-9-26-20(10-16)32-2/h6-11,14-15,21H,3-5,12-13H2,1-2H3,(H,27,29)/t14-,15+,21+. The number of pyridine rings is 1. The molecule has 1 N–H and O–H groups in total. The Hall–Kier alpha value is -3.07. The topological polar surface area (TPSA) is 77.3 Å². The van der Waals surface area contributed by atoms with Crippen molar-refractivity contribution in [3.8, 4) is 17.6 Å². The molecule has 2 bridgehead atoms. The van der Waals surface area contributed by atoms with Crippen molar-refractivity contribution < 1.29 is 13.9 Å². The lowest BCUT2D eigenvalue weighted by Crippen LogP contribution is -2.48. The minimum Gasteiger partial charge on any atom is -0.481 e. The maximum atomic E-state index is 13.5. The number of hydrogen-bond acceptors (Lipinski definition) is 7. The van der Waals surface area contributed by atoms with Crippen LogP contribution in [0.3, 0.4) is 0 Å². The zero-order chi connectivity index (χ0) is 22.9. The first-order valence-corrected chi connectivity index (χ1v) is 11.5. The molecule has 0 unspecified atom stereocenters. The number of methoxy groups -OCH3 is 1. The fourth-order valence-corrected chi connectivity index (χ4v) is 5.01. The summed E-state index contributed by atoms with van der Waals surface area (Å²) >= 11 is 5.88. The number of nitrogens with one attached hydrogen (secondary N) is 1. The highest BCUT2D eigenvalue weighted by Crippen LogP contribution is 2.40. The van der Waals surface area contributed by atoms with Gasteiger partial charge in [-0.15, -0.1) is 5.10 Å². The number of hydrogen-bond donors (Lipinski definition) is 1. The molecule has 1 saturated carbocycles. The summed E-state index contributed by atoms with van der Waals surface area (Å²) in [5, 5.41) is 8.15.